The maximum Gasteiger partial charge on any atom is 0.303 e. The van der Waals surface area contributed by atoms with Crippen LogP contribution in [0.15, 0.2) is 72.9 Å². The average Bonchev–Trinajstić information content (AvgIpc) is 2.96. The van der Waals surface area contributed by atoms with Gasteiger partial charge in [0, 0.05) is 56.0 Å². The number of carbonyl (C=O) groups excluding carboxylic acids is 2. The van der Waals surface area contributed by atoms with Crippen molar-refractivity contribution in [1.29, 1.82) is 0 Å². The lowest BCUT2D eigenvalue weighted by Crippen LogP contribution is -2.38. The minimum absolute atomic E-state index is 0.0180. The largest absolute Gasteiger partial charge is 0.453 e. The van der Waals surface area contributed by atoms with Gasteiger partial charge >= 0.3 is 5.97 Å². The minimum atomic E-state index is -0.916. The maximum atomic E-state index is 12.5. The van der Waals surface area contributed by atoms with Crippen LogP contribution < -0.4 is 5.32 Å². The number of nitrogens with zero attached hydrogens (tertiary/aromatic N) is 2. The molecule has 3 aromatic rings. The second-order valence-electron chi connectivity index (χ2n) is 10.0. The van der Waals surface area contributed by atoms with Crippen molar-refractivity contribution in [2.75, 3.05) is 25.5 Å². The number of hydrogen-bond donors (Lipinski definition) is 2. The number of amides is 1. The normalized spacial score (nSPS) is 19.7. The molecule has 1 saturated heterocycles. The molecule has 0 radical (unpaired) electrons. The van der Waals surface area contributed by atoms with Crippen LogP contribution >= 0.6 is 0 Å². The Bertz CT molecular complexity index is 1250. The van der Waals surface area contributed by atoms with Gasteiger partial charge in [-0.25, -0.2) is 0 Å². The number of ether oxygens (including phenoxy) is 3. The highest BCUT2D eigenvalue weighted by Crippen LogP contribution is 2.38. The lowest BCUT2D eigenvalue weighted by atomic mass is 9.99. The highest BCUT2D eigenvalue weighted by Gasteiger charge is 2.33. The SMILES string of the molecule is CC(=O)O[C@@H](C)C(=O)Nc1cccc(C2O[C@H](CN(C)CCc3ccccn3)C[C@H](c3ccc(CO)cc3)O2)c1. The fraction of sp³-hybridized carbons (Fsp3) is 0.387. The quantitative estimate of drug-likeness (QED) is 0.344. The van der Waals surface area contributed by atoms with Crippen molar-refractivity contribution in [3.05, 3.63) is 95.3 Å². The molecule has 2 N–H and O–H groups in total. The Kier molecular flexibility index (Phi) is 10.4. The Balaban J connectivity index is 1.48. The molecule has 0 saturated carbocycles. The lowest BCUT2D eigenvalue weighted by molar-refractivity contribution is -0.252. The molecule has 212 valence electrons. The molecule has 1 unspecified atom stereocenters. The predicted octanol–water partition coefficient (Wildman–Crippen LogP) is 4.18. The standard InChI is InChI=1S/C31H37N3O6/c1-21(38-22(2)36)30(37)33-27-9-6-7-25(17-27)31-39-28(19-34(3)16-14-26-8-4-5-15-32-26)18-29(40-31)24-12-10-23(20-35)11-13-24/h4-13,15,17,21,28-29,31,35H,14,16,18-20H2,1-3H3,(H,33,37)/t21-,28-,29+,31?/m0/s1. The molecule has 4 rings (SSSR count). The van der Waals surface area contributed by atoms with Crippen molar-refractivity contribution in [1.82, 2.24) is 9.88 Å². The number of carbonyl (C=O) groups is 2. The summed E-state index contributed by atoms with van der Waals surface area (Å²) in [5, 5.41) is 12.2. The van der Waals surface area contributed by atoms with Crippen LogP contribution in [0.3, 0.4) is 0 Å². The van der Waals surface area contributed by atoms with Crippen molar-refractivity contribution >= 4 is 17.6 Å². The van der Waals surface area contributed by atoms with E-state index in [9.17, 15) is 14.7 Å². The Labute approximate surface area is 235 Å². The minimum Gasteiger partial charge on any atom is -0.453 e. The summed E-state index contributed by atoms with van der Waals surface area (Å²) in [6, 6.07) is 21.0. The number of aliphatic hydroxyl groups excluding tert-OH is 1. The molecule has 2 aromatic carbocycles. The van der Waals surface area contributed by atoms with Crippen LogP contribution in [0, 0.1) is 0 Å². The summed E-state index contributed by atoms with van der Waals surface area (Å²) in [5.74, 6) is -0.943. The maximum absolute atomic E-state index is 12.5. The molecule has 1 aromatic heterocycles. The van der Waals surface area contributed by atoms with Gasteiger partial charge in [-0.3, -0.25) is 14.6 Å². The van der Waals surface area contributed by atoms with Crippen LogP contribution in [0.4, 0.5) is 5.69 Å². The number of pyridine rings is 1. The average molecular weight is 548 g/mol. The van der Waals surface area contributed by atoms with E-state index < -0.39 is 24.3 Å². The van der Waals surface area contributed by atoms with Gasteiger partial charge in [0.2, 0.25) is 0 Å². The zero-order valence-electron chi connectivity index (χ0n) is 23.2. The summed E-state index contributed by atoms with van der Waals surface area (Å²) in [6.45, 7) is 4.31. The van der Waals surface area contributed by atoms with E-state index in [2.05, 4.69) is 22.2 Å². The van der Waals surface area contributed by atoms with Gasteiger partial charge in [-0.2, -0.15) is 0 Å². The summed E-state index contributed by atoms with van der Waals surface area (Å²) in [7, 11) is 2.07. The summed E-state index contributed by atoms with van der Waals surface area (Å²) < 4.78 is 17.9. The van der Waals surface area contributed by atoms with Gasteiger partial charge in [-0.1, -0.05) is 42.5 Å². The topological polar surface area (TPSA) is 110 Å². The first-order valence-electron chi connectivity index (χ1n) is 13.5. The van der Waals surface area contributed by atoms with Gasteiger partial charge in [0.05, 0.1) is 18.8 Å². The molecule has 9 heteroatoms. The summed E-state index contributed by atoms with van der Waals surface area (Å²) in [4.78, 5) is 30.4. The van der Waals surface area contributed by atoms with E-state index >= 15 is 0 Å². The molecule has 9 nitrogen and oxygen atoms in total. The molecule has 0 aliphatic carbocycles. The van der Waals surface area contributed by atoms with E-state index in [1.165, 1.54) is 13.8 Å². The number of aliphatic hydroxyl groups is 1. The van der Waals surface area contributed by atoms with E-state index in [1.807, 2.05) is 66.9 Å². The Morgan fingerprint density at radius 3 is 2.60 bits per heavy atom. The van der Waals surface area contributed by atoms with Gasteiger partial charge in [-0.05, 0) is 49.4 Å². The van der Waals surface area contributed by atoms with Crippen LogP contribution in [-0.4, -0.2) is 59.2 Å². The van der Waals surface area contributed by atoms with Crippen LogP contribution in [0.5, 0.6) is 0 Å². The first-order valence-corrected chi connectivity index (χ1v) is 13.5. The molecular weight excluding hydrogens is 510 g/mol. The third-order valence-corrected chi connectivity index (χ3v) is 6.74. The van der Waals surface area contributed by atoms with Crippen molar-refractivity contribution < 1.29 is 28.9 Å². The first-order chi connectivity index (χ1) is 19.3. The van der Waals surface area contributed by atoms with Crippen molar-refractivity contribution in [2.45, 2.75) is 57.9 Å². The third kappa shape index (κ3) is 8.43. The molecule has 0 bridgehead atoms. The van der Waals surface area contributed by atoms with Gasteiger partial charge in [-0.15, -0.1) is 0 Å². The van der Waals surface area contributed by atoms with Crippen molar-refractivity contribution in [2.24, 2.45) is 0 Å². The molecule has 4 atom stereocenters. The molecule has 1 aliphatic heterocycles. The number of aromatic nitrogens is 1. The van der Waals surface area contributed by atoms with Crippen LogP contribution in [0.2, 0.25) is 0 Å². The third-order valence-electron chi connectivity index (χ3n) is 6.74. The van der Waals surface area contributed by atoms with E-state index in [0.29, 0.717) is 18.7 Å². The number of hydrogen-bond acceptors (Lipinski definition) is 8. The number of esters is 1. The molecular formula is C31H37N3O6. The van der Waals surface area contributed by atoms with Gasteiger partial charge in [0.15, 0.2) is 12.4 Å². The molecule has 2 heterocycles. The van der Waals surface area contributed by atoms with E-state index in [-0.39, 0.29) is 18.8 Å². The summed E-state index contributed by atoms with van der Waals surface area (Å²) in [5.41, 5.74) is 4.20. The van der Waals surface area contributed by atoms with E-state index in [4.69, 9.17) is 14.2 Å². The molecule has 1 fully saturated rings. The number of benzene rings is 2. The fourth-order valence-corrected chi connectivity index (χ4v) is 4.63. The Morgan fingerprint density at radius 1 is 1.10 bits per heavy atom. The zero-order chi connectivity index (χ0) is 28.5. The second kappa shape index (κ2) is 14.1. The molecule has 1 aliphatic rings. The fourth-order valence-electron chi connectivity index (χ4n) is 4.63. The van der Waals surface area contributed by atoms with Gasteiger partial charge < -0.3 is 29.5 Å². The van der Waals surface area contributed by atoms with Crippen molar-refractivity contribution in [3.8, 4) is 0 Å². The summed E-state index contributed by atoms with van der Waals surface area (Å²) >= 11 is 0. The lowest BCUT2D eigenvalue weighted by Gasteiger charge is -2.38. The number of anilines is 1. The zero-order valence-corrected chi connectivity index (χ0v) is 23.2. The molecule has 40 heavy (non-hydrogen) atoms. The van der Waals surface area contributed by atoms with Crippen LogP contribution in [0.25, 0.3) is 0 Å². The van der Waals surface area contributed by atoms with Crippen LogP contribution in [-0.2, 0) is 36.8 Å². The molecule has 0 spiro atoms. The molecule has 1 amide bonds. The summed E-state index contributed by atoms with van der Waals surface area (Å²) in [6.07, 6.45) is 1.40. The smallest absolute Gasteiger partial charge is 0.303 e. The van der Waals surface area contributed by atoms with Crippen molar-refractivity contribution in [3.63, 3.8) is 0 Å². The monoisotopic (exact) mass is 547 g/mol. The first kappa shape index (κ1) is 29.4. The number of likely N-dealkylation sites (N-methyl/N-ethyl adjacent to an activating group) is 1. The van der Waals surface area contributed by atoms with Gasteiger partial charge in [0.1, 0.15) is 0 Å². The van der Waals surface area contributed by atoms with E-state index in [0.717, 1.165) is 35.3 Å². The highest BCUT2D eigenvalue weighted by molar-refractivity contribution is 5.95. The highest BCUT2D eigenvalue weighted by atomic mass is 16.7. The Hall–Kier alpha value is -3.63. The van der Waals surface area contributed by atoms with E-state index in [1.54, 1.807) is 6.07 Å². The number of rotatable bonds is 11. The second-order valence-corrected chi connectivity index (χ2v) is 10.0. The Morgan fingerprint density at radius 2 is 1.90 bits per heavy atom. The number of nitrogens with one attached hydrogen (secondary N) is 1. The van der Waals surface area contributed by atoms with Gasteiger partial charge in [0.25, 0.3) is 5.91 Å². The van der Waals surface area contributed by atoms with Crippen LogP contribution in [0.1, 0.15) is 55.0 Å². The predicted molar refractivity (Wildman–Crippen MR) is 150 cm³/mol.